The Labute approximate surface area is 81.8 Å². The van der Waals surface area contributed by atoms with Crippen LogP contribution in [0, 0.1) is 0 Å². The van der Waals surface area contributed by atoms with Gasteiger partial charge < -0.3 is 14.6 Å². The molecule has 2 unspecified atom stereocenters. The summed E-state index contributed by atoms with van der Waals surface area (Å²) in [4.78, 5) is 11.6. The van der Waals surface area contributed by atoms with E-state index in [1.165, 1.54) is 13.2 Å². The summed E-state index contributed by atoms with van der Waals surface area (Å²) in [5.41, 5.74) is -0.855. The number of carbonyl (C=O) groups is 1. The van der Waals surface area contributed by atoms with Crippen LogP contribution < -0.4 is 0 Å². The van der Waals surface area contributed by atoms with E-state index >= 15 is 0 Å². The molecule has 0 aromatic heterocycles. The second kappa shape index (κ2) is 2.85. The predicted molar refractivity (Wildman–Crippen MR) is 48.7 cm³/mol. The van der Waals surface area contributed by atoms with Gasteiger partial charge in [-0.2, -0.15) is 0 Å². The van der Waals surface area contributed by atoms with Gasteiger partial charge in [0.15, 0.2) is 29.0 Å². The molecule has 0 aromatic carbocycles. The molecule has 1 aliphatic carbocycles. The summed E-state index contributed by atoms with van der Waals surface area (Å²) in [6.07, 6.45) is 3.04. The van der Waals surface area contributed by atoms with Crippen molar-refractivity contribution in [2.75, 3.05) is 7.11 Å². The highest BCUT2D eigenvalue weighted by atomic mass is 16.6. The van der Waals surface area contributed by atoms with Gasteiger partial charge in [-0.1, -0.05) is 6.92 Å². The topological polar surface area (TPSA) is 59.1 Å². The molecule has 0 saturated carbocycles. The molecule has 0 radical (unpaired) electrons. The zero-order chi connectivity index (χ0) is 10.3. The maximum absolute atomic E-state index is 11.6. The summed E-state index contributed by atoms with van der Waals surface area (Å²) in [6.45, 7) is 1.79. The van der Waals surface area contributed by atoms with Crippen LogP contribution in [0.2, 0.25) is 0 Å². The summed E-state index contributed by atoms with van der Waals surface area (Å²) < 4.78 is 10.3. The minimum absolute atomic E-state index is 0.0146. The molecule has 0 aromatic rings. The van der Waals surface area contributed by atoms with Gasteiger partial charge in [0.2, 0.25) is 0 Å². The third-order valence-electron chi connectivity index (χ3n) is 2.60. The van der Waals surface area contributed by atoms with E-state index in [4.69, 9.17) is 9.47 Å². The fourth-order valence-corrected chi connectivity index (χ4v) is 1.75. The average Bonchev–Trinajstić information content (AvgIpc) is 2.92. The molecule has 1 fully saturated rings. The number of Topliss-reactive ketones (excluding diaryl/α,β-unsaturated/α-hetero) is 1. The van der Waals surface area contributed by atoms with E-state index in [-0.39, 0.29) is 11.5 Å². The Morgan fingerprint density at radius 2 is 2.50 bits per heavy atom. The number of aliphatic hydroxyl groups is 1. The molecule has 1 aliphatic heterocycles. The molecule has 2 atom stereocenters. The first-order chi connectivity index (χ1) is 6.65. The lowest BCUT2D eigenvalue weighted by Gasteiger charge is -2.12. The maximum Gasteiger partial charge on any atom is 0.179 e. The lowest BCUT2D eigenvalue weighted by atomic mass is 9.92. The number of allylic oxidation sites excluding steroid dienone is 1. The number of aliphatic hydroxyl groups excluding tert-OH is 1. The molecule has 4 nitrogen and oxygen atoms in total. The second-order valence-corrected chi connectivity index (χ2v) is 3.35. The normalized spacial score (nSPS) is 34.0. The van der Waals surface area contributed by atoms with Crippen LogP contribution in [0.1, 0.15) is 13.3 Å². The van der Waals surface area contributed by atoms with Crippen molar-refractivity contribution in [1.29, 1.82) is 0 Å². The van der Waals surface area contributed by atoms with Crippen molar-refractivity contribution in [3.63, 3.8) is 0 Å². The maximum atomic E-state index is 11.6. The Morgan fingerprint density at radius 1 is 1.79 bits per heavy atom. The highest BCUT2D eigenvalue weighted by Gasteiger charge is 2.64. The van der Waals surface area contributed by atoms with Crippen LogP contribution in [0.15, 0.2) is 23.7 Å². The largest absolute Gasteiger partial charge is 0.504 e. The standard InChI is InChI=1S/C10H12O4/c1-3-7(12)10-5-4-6(11)8(13-2)9(10)14-10/h4-5,9,11H,3H2,1-2H3. The molecule has 2 rings (SSSR count). The lowest BCUT2D eigenvalue weighted by Crippen LogP contribution is -2.27. The summed E-state index contributed by atoms with van der Waals surface area (Å²) in [7, 11) is 1.45. The molecule has 0 bridgehead atoms. The van der Waals surface area contributed by atoms with Gasteiger partial charge in [0.1, 0.15) is 0 Å². The van der Waals surface area contributed by atoms with Gasteiger partial charge in [-0.15, -0.1) is 0 Å². The van der Waals surface area contributed by atoms with Crippen molar-refractivity contribution in [3.8, 4) is 0 Å². The number of methoxy groups -OCH3 is 1. The lowest BCUT2D eigenvalue weighted by molar-refractivity contribution is -0.122. The molecular weight excluding hydrogens is 184 g/mol. The monoisotopic (exact) mass is 196 g/mol. The van der Waals surface area contributed by atoms with Crippen LogP contribution in [0.3, 0.4) is 0 Å². The van der Waals surface area contributed by atoms with Crippen molar-refractivity contribution in [2.24, 2.45) is 0 Å². The third kappa shape index (κ3) is 1.00. The van der Waals surface area contributed by atoms with Crippen LogP contribution in [0.25, 0.3) is 0 Å². The van der Waals surface area contributed by atoms with Crippen molar-refractivity contribution >= 4 is 5.78 Å². The van der Waals surface area contributed by atoms with Crippen molar-refractivity contribution in [3.05, 3.63) is 23.7 Å². The quantitative estimate of drug-likeness (QED) is 0.686. The summed E-state index contributed by atoms with van der Waals surface area (Å²) in [6, 6.07) is 0. The molecule has 0 spiro atoms. The van der Waals surface area contributed by atoms with E-state index in [1.54, 1.807) is 13.0 Å². The summed E-state index contributed by atoms with van der Waals surface area (Å²) in [5.74, 6) is 0.393. The zero-order valence-corrected chi connectivity index (χ0v) is 8.11. The molecule has 1 heterocycles. The second-order valence-electron chi connectivity index (χ2n) is 3.35. The number of fused-ring (bicyclic) bond motifs is 1. The first-order valence-corrected chi connectivity index (χ1v) is 4.53. The van der Waals surface area contributed by atoms with Crippen molar-refractivity contribution in [1.82, 2.24) is 0 Å². The molecular formula is C10H12O4. The van der Waals surface area contributed by atoms with E-state index < -0.39 is 11.7 Å². The van der Waals surface area contributed by atoms with Crippen LogP contribution in [0.4, 0.5) is 0 Å². The molecule has 1 N–H and O–H groups in total. The number of ether oxygens (including phenoxy) is 2. The first-order valence-electron chi connectivity index (χ1n) is 4.53. The Hall–Kier alpha value is -1.29. The van der Waals surface area contributed by atoms with Crippen LogP contribution in [0.5, 0.6) is 0 Å². The predicted octanol–water partition coefficient (Wildman–Crippen LogP) is 1.09. The van der Waals surface area contributed by atoms with Crippen LogP contribution in [-0.2, 0) is 14.3 Å². The highest BCUT2D eigenvalue weighted by molar-refractivity contribution is 5.94. The molecule has 2 aliphatic rings. The molecule has 1 saturated heterocycles. The van der Waals surface area contributed by atoms with Crippen molar-refractivity contribution in [2.45, 2.75) is 25.0 Å². The van der Waals surface area contributed by atoms with Gasteiger partial charge in [-0.3, -0.25) is 4.79 Å². The Kier molecular flexibility index (Phi) is 1.89. The smallest absolute Gasteiger partial charge is 0.179 e. The fourth-order valence-electron chi connectivity index (χ4n) is 1.75. The Morgan fingerprint density at radius 3 is 3.07 bits per heavy atom. The van der Waals surface area contributed by atoms with E-state index in [2.05, 4.69) is 0 Å². The number of epoxide rings is 1. The van der Waals surface area contributed by atoms with Gasteiger partial charge in [0.25, 0.3) is 0 Å². The van der Waals surface area contributed by atoms with Gasteiger partial charge >= 0.3 is 0 Å². The minimum Gasteiger partial charge on any atom is -0.504 e. The number of hydrogen-bond acceptors (Lipinski definition) is 4. The number of ketones is 1. The van der Waals surface area contributed by atoms with E-state index in [0.29, 0.717) is 12.2 Å². The molecule has 76 valence electrons. The van der Waals surface area contributed by atoms with Crippen molar-refractivity contribution < 1.29 is 19.4 Å². The minimum atomic E-state index is -0.855. The Bertz CT molecular complexity index is 342. The van der Waals surface area contributed by atoms with E-state index in [9.17, 15) is 9.90 Å². The average molecular weight is 196 g/mol. The van der Waals surface area contributed by atoms with E-state index in [1.807, 2.05) is 0 Å². The van der Waals surface area contributed by atoms with Gasteiger partial charge in [-0.05, 0) is 12.2 Å². The van der Waals surface area contributed by atoms with Gasteiger partial charge in [-0.25, -0.2) is 0 Å². The van der Waals surface area contributed by atoms with E-state index in [0.717, 1.165) is 0 Å². The molecule has 14 heavy (non-hydrogen) atoms. The van der Waals surface area contributed by atoms with Crippen LogP contribution >= 0.6 is 0 Å². The van der Waals surface area contributed by atoms with Crippen LogP contribution in [-0.4, -0.2) is 29.7 Å². The summed E-state index contributed by atoms with van der Waals surface area (Å²) >= 11 is 0. The fraction of sp³-hybridized carbons (Fsp3) is 0.500. The number of hydrogen-bond donors (Lipinski definition) is 1. The third-order valence-corrected chi connectivity index (χ3v) is 2.60. The summed E-state index contributed by atoms with van der Waals surface area (Å²) in [5, 5.41) is 9.41. The Balaban J connectivity index is 2.29. The zero-order valence-electron chi connectivity index (χ0n) is 8.11. The molecule has 4 heteroatoms. The SMILES string of the molecule is CCC(=O)C12C=CC(O)=C(OC)C1O2. The number of carbonyl (C=O) groups excluding carboxylic acids is 1. The number of rotatable bonds is 3. The highest BCUT2D eigenvalue weighted by Crippen LogP contribution is 2.47. The molecule has 0 amide bonds. The van der Waals surface area contributed by atoms with Gasteiger partial charge in [0, 0.05) is 6.42 Å². The van der Waals surface area contributed by atoms with Gasteiger partial charge in [0.05, 0.1) is 7.11 Å². The first kappa shape index (κ1) is 9.27.